The molecule has 4 amide bonds. The summed E-state index contributed by atoms with van der Waals surface area (Å²) in [5, 5.41) is 10.1. The minimum atomic E-state index is -1.05. The average molecular weight is 644 g/mol. The van der Waals surface area contributed by atoms with Gasteiger partial charge in [-0.15, -0.1) is 0 Å². The number of nitrogens with zero attached hydrogens (tertiary/aromatic N) is 1. The predicted octanol–water partition coefficient (Wildman–Crippen LogP) is 6.61. The first-order valence-corrected chi connectivity index (χ1v) is 18.0. The van der Waals surface area contributed by atoms with Gasteiger partial charge in [-0.05, 0) is 56.4 Å². The maximum absolute atomic E-state index is 13.3. The van der Waals surface area contributed by atoms with Crippen LogP contribution >= 0.6 is 0 Å². The van der Waals surface area contributed by atoms with E-state index in [0.717, 1.165) is 38.6 Å². The van der Waals surface area contributed by atoms with Gasteiger partial charge in [0.05, 0.1) is 6.61 Å². The quantitative estimate of drug-likeness (QED) is 0.0570. The Morgan fingerprint density at radius 1 is 0.826 bits per heavy atom. The van der Waals surface area contributed by atoms with Crippen LogP contribution in [0, 0.1) is 5.92 Å². The maximum atomic E-state index is 13.3. The lowest BCUT2D eigenvalue weighted by Gasteiger charge is -2.28. The molecule has 260 valence electrons. The third-order valence-electron chi connectivity index (χ3n) is 8.52. The summed E-state index contributed by atoms with van der Waals surface area (Å²) in [5.41, 5.74) is 3.14. The molecule has 1 saturated carbocycles. The molecule has 1 aromatic carbocycles. The molecule has 1 unspecified atom stereocenters. The zero-order valence-electron chi connectivity index (χ0n) is 28.8. The van der Waals surface area contributed by atoms with E-state index in [9.17, 15) is 19.2 Å². The van der Waals surface area contributed by atoms with Crippen LogP contribution < -0.4 is 26.1 Å². The van der Waals surface area contributed by atoms with E-state index in [0.29, 0.717) is 43.2 Å². The topological polar surface area (TPSA) is 129 Å². The molecule has 0 saturated heterocycles. The lowest BCUT2D eigenvalue weighted by Crippen LogP contribution is -2.57. The van der Waals surface area contributed by atoms with E-state index in [1.54, 1.807) is 31.2 Å². The number of hydrazine groups is 1. The Hall–Kier alpha value is -3.30. The molecule has 1 aromatic rings. The Kier molecular flexibility index (Phi) is 20.2. The molecule has 4 N–H and O–H groups in total. The largest absolute Gasteiger partial charge is 0.494 e. The van der Waals surface area contributed by atoms with E-state index in [1.165, 1.54) is 76.1 Å². The second-order valence-electron chi connectivity index (χ2n) is 12.6. The number of rotatable bonds is 24. The number of hydrogen-bond donors (Lipinski definition) is 4. The summed E-state index contributed by atoms with van der Waals surface area (Å²) in [6, 6.07) is 7.10. The molecule has 10 heteroatoms. The molecule has 1 atom stereocenters. The van der Waals surface area contributed by atoms with Crippen LogP contribution in [0.1, 0.15) is 136 Å². The van der Waals surface area contributed by atoms with Crippen LogP contribution in [-0.2, 0) is 19.2 Å². The van der Waals surface area contributed by atoms with E-state index in [4.69, 9.17) is 4.74 Å². The van der Waals surface area contributed by atoms with Crippen LogP contribution in [0.3, 0.4) is 0 Å². The van der Waals surface area contributed by atoms with Gasteiger partial charge in [-0.25, -0.2) is 0 Å². The van der Waals surface area contributed by atoms with Crippen molar-refractivity contribution in [2.24, 2.45) is 5.92 Å². The SMILES string of the molecule is CCCCCCCCCCCCNC(=O)CCCOc1ccc(NC(NC(=O)CCC2CCCC2)C(=O)N(CC)NC(C)=O)cc1. The highest BCUT2D eigenvalue weighted by molar-refractivity contribution is 5.90. The number of carbonyl (C=O) groups excluding carboxylic acids is 4. The lowest BCUT2D eigenvalue weighted by molar-refractivity contribution is -0.142. The van der Waals surface area contributed by atoms with Gasteiger partial charge in [0, 0.05) is 38.5 Å². The third kappa shape index (κ3) is 17.4. The molecule has 0 spiro atoms. The van der Waals surface area contributed by atoms with Gasteiger partial charge in [0.25, 0.3) is 5.91 Å². The summed E-state index contributed by atoms with van der Waals surface area (Å²) in [4.78, 5) is 49.8. The Labute approximate surface area is 277 Å². The Morgan fingerprint density at radius 2 is 1.46 bits per heavy atom. The van der Waals surface area contributed by atoms with E-state index in [1.807, 2.05) is 0 Å². The number of hydrogen-bond acceptors (Lipinski definition) is 6. The van der Waals surface area contributed by atoms with Gasteiger partial charge >= 0.3 is 0 Å². The molecule has 2 rings (SSSR count). The zero-order valence-corrected chi connectivity index (χ0v) is 28.8. The van der Waals surface area contributed by atoms with Crippen LogP contribution in [0.2, 0.25) is 0 Å². The number of nitrogens with one attached hydrogen (secondary N) is 4. The number of carbonyl (C=O) groups is 4. The van der Waals surface area contributed by atoms with Gasteiger partial charge < -0.3 is 20.7 Å². The standard InChI is InChI=1S/C36H61N5O5/c1-4-6-7-8-9-10-11-12-13-16-27-37-33(43)20-17-28-46-32-24-22-31(23-25-32)38-35(36(45)41(5-2)40-29(3)42)39-34(44)26-21-30-18-14-15-19-30/h22-25,30,35,38H,4-21,26-28H2,1-3H3,(H,37,43)(H,39,44)(H,40,42). The molecule has 0 radical (unpaired) electrons. The first kappa shape index (κ1) is 38.9. The zero-order chi connectivity index (χ0) is 33.4. The highest BCUT2D eigenvalue weighted by atomic mass is 16.5. The Bertz CT molecular complexity index is 1010. The van der Waals surface area contributed by atoms with Crippen molar-refractivity contribution in [1.82, 2.24) is 21.1 Å². The van der Waals surface area contributed by atoms with Crippen molar-refractivity contribution in [3.63, 3.8) is 0 Å². The molecule has 0 heterocycles. The van der Waals surface area contributed by atoms with Crippen molar-refractivity contribution in [2.45, 2.75) is 143 Å². The molecule has 10 nitrogen and oxygen atoms in total. The molecule has 0 bridgehead atoms. The summed E-state index contributed by atoms with van der Waals surface area (Å²) < 4.78 is 5.82. The Balaban J connectivity index is 1.70. The third-order valence-corrected chi connectivity index (χ3v) is 8.52. The monoisotopic (exact) mass is 643 g/mol. The summed E-state index contributed by atoms with van der Waals surface area (Å²) in [5.74, 6) is 0.238. The van der Waals surface area contributed by atoms with Crippen molar-refractivity contribution < 1.29 is 23.9 Å². The van der Waals surface area contributed by atoms with Gasteiger partial charge in [-0.2, -0.15) is 0 Å². The fourth-order valence-electron chi connectivity index (χ4n) is 5.83. The molecule has 1 aliphatic carbocycles. The fraction of sp³-hybridized carbons (Fsp3) is 0.722. The minimum Gasteiger partial charge on any atom is -0.494 e. The van der Waals surface area contributed by atoms with Crippen molar-refractivity contribution in [3.05, 3.63) is 24.3 Å². The number of amides is 4. The molecular weight excluding hydrogens is 582 g/mol. The number of anilines is 1. The number of benzene rings is 1. The summed E-state index contributed by atoms with van der Waals surface area (Å²) in [6.45, 7) is 6.73. The second kappa shape index (κ2) is 24.0. The van der Waals surface area contributed by atoms with Crippen molar-refractivity contribution in [3.8, 4) is 5.75 Å². The predicted molar refractivity (Wildman–Crippen MR) is 184 cm³/mol. The molecular formula is C36H61N5O5. The molecule has 46 heavy (non-hydrogen) atoms. The van der Waals surface area contributed by atoms with E-state index < -0.39 is 12.1 Å². The van der Waals surface area contributed by atoms with Crippen LogP contribution in [0.15, 0.2) is 24.3 Å². The molecule has 0 aliphatic heterocycles. The van der Waals surface area contributed by atoms with Crippen LogP contribution in [0.25, 0.3) is 0 Å². The maximum Gasteiger partial charge on any atom is 0.284 e. The van der Waals surface area contributed by atoms with E-state index >= 15 is 0 Å². The molecule has 1 aliphatic rings. The summed E-state index contributed by atoms with van der Waals surface area (Å²) >= 11 is 0. The smallest absolute Gasteiger partial charge is 0.284 e. The van der Waals surface area contributed by atoms with Gasteiger partial charge in [0.1, 0.15) is 5.75 Å². The van der Waals surface area contributed by atoms with E-state index in [-0.39, 0.29) is 24.3 Å². The number of likely N-dealkylation sites (N-methyl/N-ethyl adjacent to an activating group) is 1. The first-order chi connectivity index (χ1) is 22.3. The van der Waals surface area contributed by atoms with E-state index in [2.05, 4.69) is 28.3 Å². The summed E-state index contributed by atoms with van der Waals surface area (Å²) in [7, 11) is 0. The van der Waals surface area contributed by atoms with Crippen LogP contribution in [0.5, 0.6) is 5.75 Å². The molecule has 0 aromatic heterocycles. The minimum absolute atomic E-state index is 0.0560. The van der Waals surface area contributed by atoms with Crippen LogP contribution in [-0.4, -0.2) is 54.5 Å². The van der Waals surface area contributed by atoms with Gasteiger partial charge in [0.15, 0.2) is 6.17 Å². The molecule has 1 fully saturated rings. The highest BCUT2D eigenvalue weighted by Crippen LogP contribution is 2.28. The number of unbranched alkanes of at least 4 members (excludes halogenated alkanes) is 9. The average Bonchev–Trinajstić information content (AvgIpc) is 3.57. The van der Waals surface area contributed by atoms with Crippen LogP contribution in [0.4, 0.5) is 5.69 Å². The van der Waals surface area contributed by atoms with Crippen molar-refractivity contribution in [2.75, 3.05) is 25.0 Å². The van der Waals surface area contributed by atoms with Crippen molar-refractivity contribution in [1.29, 1.82) is 0 Å². The lowest BCUT2D eigenvalue weighted by atomic mass is 10.0. The Morgan fingerprint density at radius 3 is 2.07 bits per heavy atom. The summed E-state index contributed by atoms with van der Waals surface area (Å²) in [6.07, 6.45) is 18.7. The van der Waals surface area contributed by atoms with Gasteiger partial charge in [0.2, 0.25) is 17.7 Å². The second-order valence-corrected chi connectivity index (χ2v) is 12.6. The number of ether oxygens (including phenoxy) is 1. The highest BCUT2D eigenvalue weighted by Gasteiger charge is 2.27. The normalized spacial score (nSPS) is 13.5. The van der Waals surface area contributed by atoms with Gasteiger partial charge in [-0.3, -0.25) is 29.6 Å². The fourth-order valence-corrected chi connectivity index (χ4v) is 5.83. The first-order valence-electron chi connectivity index (χ1n) is 18.0. The van der Waals surface area contributed by atoms with Gasteiger partial charge in [-0.1, -0.05) is 90.4 Å². The van der Waals surface area contributed by atoms with Crippen molar-refractivity contribution >= 4 is 29.3 Å².